The highest BCUT2D eigenvalue weighted by Gasteiger charge is 2.39. The number of sulfonamides is 1. The van der Waals surface area contributed by atoms with Crippen LogP contribution in [-0.2, 0) is 28.3 Å². The summed E-state index contributed by atoms with van der Waals surface area (Å²) in [6.07, 6.45) is 1.93. The molecule has 1 aliphatic rings. The third kappa shape index (κ3) is 5.89. The molecule has 0 unspecified atom stereocenters. The van der Waals surface area contributed by atoms with Gasteiger partial charge < -0.3 is 19.5 Å². The van der Waals surface area contributed by atoms with Gasteiger partial charge in [-0.25, -0.2) is 13.4 Å². The summed E-state index contributed by atoms with van der Waals surface area (Å²) in [5.74, 6) is 0.606. The Morgan fingerprint density at radius 2 is 2.03 bits per heavy atom. The lowest BCUT2D eigenvalue weighted by molar-refractivity contribution is -0.757. The average molecular weight is 564 g/mol. The van der Waals surface area contributed by atoms with Crippen LogP contribution in [0, 0.1) is 10.1 Å². The molecule has 0 aliphatic carbocycles. The van der Waals surface area contributed by atoms with E-state index in [0.29, 0.717) is 54.0 Å². The number of aryl methyl sites for hydroxylation is 2. The van der Waals surface area contributed by atoms with Crippen molar-refractivity contribution in [2.24, 2.45) is 7.05 Å². The van der Waals surface area contributed by atoms with Crippen molar-refractivity contribution in [3.8, 4) is 17.1 Å². The van der Waals surface area contributed by atoms with Gasteiger partial charge in [0, 0.05) is 32.7 Å². The second-order valence-electron chi connectivity index (χ2n) is 9.39. The van der Waals surface area contributed by atoms with Crippen molar-refractivity contribution in [2.75, 3.05) is 39.9 Å². The monoisotopic (exact) mass is 563 g/mol. The number of H-pyrrole nitrogens is 1. The van der Waals surface area contributed by atoms with Crippen LogP contribution in [-0.4, -0.2) is 88.4 Å². The highest BCUT2D eigenvalue weighted by atomic mass is 32.2. The summed E-state index contributed by atoms with van der Waals surface area (Å²) in [6.45, 7) is 5.26. The van der Waals surface area contributed by atoms with Gasteiger partial charge in [0.25, 0.3) is 10.6 Å². The van der Waals surface area contributed by atoms with Crippen molar-refractivity contribution in [2.45, 2.75) is 44.0 Å². The summed E-state index contributed by atoms with van der Waals surface area (Å²) in [5, 5.41) is 13.9. The Hall–Kier alpha value is -3.56. The van der Waals surface area contributed by atoms with E-state index in [0.717, 1.165) is 6.42 Å². The third-order valence-electron chi connectivity index (χ3n) is 6.70. The van der Waals surface area contributed by atoms with Crippen molar-refractivity contribution in [1.82, 2.24) is 29.0 Å². The minimum atomic E-state index is -3.83. The highest BCUT2D eigenvalue weighted by molar-refractivity contribution is 7.89. The van der Waals surface area contributed by atoms with E-state index >= 15 is 0 Å². The summed E-state index contributed by atoms with van der Waals surface area (Å²) < 4.78 is 35.6. The highest BCUT2D eigenvalue weighted by Crippen LogP contribution is 2.33. The molecule has 1 aliphatic heterocycles. The summed E-state index contributed by atoms with van der Waals surface area (Å²) in [6, 6.07) is 4.52. The Kier molecular flexibility index (Phi) is 8.51. The van der Waals surface area contributed by atoms with Crippen LogP contribution in [0.2, 0.25) is 0 Å². The predicted octanol–water partition coefficient (Wildman–Crippen LogP) is 1.58. The van der Waals surface area contributed by atoms with Gasteiger partial charge in [0.1, 0.15) is 17.1 Å². The van der Waals surface area contributed by atoms with Crippen LogP contribution in [0.5, 0.6) is 5.75 Å². The fraction of sp³-hybridized carbons (Fsp3) is 0.542. The van der Waals surface area contributed by atoms with Crippen molar-refractivity contribution in [3.05, 3.63) is 44.4 Å². The largest absolute Gasteiger partial charge is 0.493 e. The number of benzene rings is 1. The molecular weight excluding hydrogens is 530 g/mol. The summed E-state index contributed by atoms with van der Waals surface area (Å²) in [5.41, 5.74) is 1.52. The molecule has 1 aromatic carbocycles. The Morgan fingerprint density at radius 1 is 1.28 bits per heavy atom. The van der Waals surface area contributed by atoms with Gasteiger partial charge in [-0.2, -0.15) is 9.40 Å². The summed E-state index contributed by atoms with van der Waals surface area (Å²) >= 11 is 0. The molecule has 0 amide bonds. The second kappa shape index (κ2) is 11.7. The van der Waals surface area contributed by atoms with Crippen LogP contribution in [0.1, 0.15) is 32.4 Å². The molecule has 0 atom stereocenters. The van der Waals surface area contributed by atoms with Gasteiger partial charge in [-0.05, 0) is 45.0 Å². The molecule has 1 saturated heterocycles. The number of likely N-dealkylation sites (N-methyl/N-ethyl adjacent to an activating group) is 1. The lowest BCUT2D eigenvalue weighted by Gasteiger charge is -2.43. The van der Waals surface area contributed by atoms with Gasteiger partial charge in [0.2, 0.25) is 10.0 Å². The normalized spacial score (nSPS) is 14.6. The lowest BCUT2D eigenvalue weighted by Crippen LogP contribution is -2.60. The third-order valence-corrected chi connectivity index (χ3v) is 8.52. The predicted molar refractivity (Wildman–Crippen MR) is 142 cm³/mol. The molecule has 212 valence electrons. The van der Waals surface area contributed by atoms with E-state index in [1.165, 1.54) is 21.1 Å². The van der Waals surface area contributed by atoms with Gasteiger partial charge in [0.15, 0.2) is 5.52 Å². The van der Waals surface area contributed by atoms with Crippen molar-refractivity contribution >= 4 is 21.1 Å². The van der Waals surface area contributed by atoms with E-state index in [1.54, 1.807) is 13.1 Å². The Morgan fingerprint density at radius 3 is 2.69 bits per heavy atom. The molecule has 14 nitrogen and oxygen atoms in total. The fourth-order valence-electron chi connectivity index (χ4n) is 4.59. The Balaban J connectivity index is 1.60. The molecule has 15 heteroatoms. The first kappa shape index (κ1) is 28.4. The number of hydrogen-bond acceptors (Lipinski definition) is 10. The molecule has 39 heavy (non-hydrogen) atoms. The van der Waals surface area contributed by atoms with Crippen LogP contribution < -0.4 is 10.3 Å². The van der Waals surface area contributed by atoms with Crippen LogP contribution in [0.25, 0.3) is 22.4 Å². The Labute approximate surface area is 225 Å². The standard InChI is InChI=1S/C24H33N7O7S/c1-5-8-19-21-22(29(4)27-19)24(32)26-23(25-21)18-13-17(9-10-20(18)37-6-2)39(35,36)30-14-16(15-30)28(3)11-7-12-38-31(33)34/h9-10,13,16H,5-8,11-12,14-15H2,1-4H3,(H,25,26,32). The number of fused-ring (bicyclic) bond motifs is 1. The summed E-state index contributed by atoms with van der Waals surface area (Å²) in [4.78, 5) is 37.1. The minimum absolute atomic E-state index is 0.0120. The lowest BCUT2D eigenvalue weighted by atomic mass is 10.1. The first-order chi connectivity index (χ1) is 18.6. The number of rotatable bonds is 13. The van der Waals surface area contributed by atoms with E-state index in [9.17, 15) is 23.3 Å². The number of hydrogen-bond donors (Lipinski definition) is 1. The number of aromatic nitrogens is 4. The van der Waals surface area contributed by atoms with Gasteiger partial charge in [-0.1, -0.05) is 13.3 Å². The molecule has 0 saturated carbocycles. The molecular formula is C24H33N7O7S. The van der Waals surface area contributed by atoms with Crippen LogP contribution in [0.4, 0.5) is 0 Å². The zero-order valence-corrected chi connectivity index (χ0v) is 23.2. The van der Waals surface area contributed by atoms with Crippen LogP contribution in [0.3, 0.4) is 0 Å². The smallest absolute Gasteiger partial charge is 0.294 e. The average Bonchev–Trinajstić information content (AvgIpc) is 3.16. The van der Waals surface area contributed by atoms with E-state index < -0.39 is 15.1 Å². The van der Waals surface area contributed by atoms with Gasteiger partial charge >= 0.3 is 0 Å². The maximum absolute atomic E-state index is 13.5. The van der Waals surface area contributed by atoms with Gasteiger partial charge in [0.05, 0.1) is 29.4 Å². The minimum Gasteiger partial charge on any atom is -0.493 e. The number of nitrogens with zero attached hydrogens (tertiary/aromatic N) is 6. The molecule has 1 N–H and O–H groups in total. The fourth-order valence-corrected chi connectivity index (χ4v) is 6.13. The molecule has 0 spiro atoms. The maximum Gasteiger partial charge on any atom is 0.294 e. The summed E-state index contributed by atoms with van der Waals surface area (Å²) in [7, 11) is -0.296. The molecule has 1 fully saturated rings. The number of nitrogens with one attached hydrogen (secondary N) is 1. The van der Waals surface area contributed by atoms with E-state index in [-0.39, 0.29) is 42.0 Å². The molecule has 4 rings (SSSR count). The molecule has 0 radical (unpaired) electrons. The second-order valence-corrected chi connectivity index (χ2v) is 11.3. The molecule has 3 aromatic rings. The van der Waals surface area contributed by atoms with Crippen LogP contribution in [0.15, 0.2) is 27.9 Å². The SMILES string of the molecule is CCCc1nn(C)c2c(=O)[nH]c(-c3cc(S(=O)(=O)N4CC(N(C)CCCO[N+](=O)[O-])C4)ccc3OCC)nc12. The van der Waals surface area contributed by atoms with Gasteiger partial charge in [-0.15, -0.1) is 10.1 Å². The zero-order chi connectivity index (χ0) is 28.3. The number of ether oxygens (including phenoxy) is 1. The van der Waals surface area contributed by atoms with E-state index in [1.807, 2.05) is 25.8 Å². The zero-order valence-electron chi connectivity index (χ0n) is 22.4. The first-order valence-corrected chi connectivity index (χ1v) is 14.2. The van der Waals surface area contributed by atoms with Gasteiger partial charge in [-0.3, -0.25) is 9.48 Å². The number of aromatic amines is 1. The van der Waals surface area contributed by atoms with Crippen molar-refractivity contribution in [1.29, 1.82) is 0 Å². The van der Waals surface area contributed by atoms with Crippen LogP contribution >= 0.6 is 0 Å². The molecule has 3 heterocycles. The first-order valence-electron chi connectivity index (χ1n) is 12.8. The molecule has 2 aromatic heterocycles. The van der Waals surface area contributed by atoms with E-state index in [2.05, 4.69) is 19.9 Å². The van der Waals surface area contributed by atoms with Crippen molar-refractivity contribution in [3.63, 3.8) is 0 Å². The molecule has 0 bridgehead atoms. The topological polar surface area (TPSA) is 166 Å². The quantitative estimate of drug-likeness (QED) is 0.183. The Bertz CT molecular complexity index is 1510. The van der Waals surface area contributed by atoms with E-state index in [4.69, 9.17) is 4.74 Å². The van der Waals surface area contributed by atoms with Crippen molar-refractivity contribution < 1.29 is 23.1 Å². The maximum atomic E-state index is 13.5.